The summed E-state index contributed by atoms with van der Waals surface area (Å²) in [4.78, 5) is 0. The number of alkyl halides is 6. The van der Waals surface area contributed by atoms with Crippen LogP contribution in [0.4, 0.5) is 26.3 Å². The summed E-state index contributed by atoms with van der Waals surface area (Å²) >= 11 is 0. The lowest BCUT2D eigenvalue weighted by Crippen LogP contribution is -2.13. The molecule has 0 aromatic heterocycles. The Hall–Kier alpha value is -4.20. The Kier molecular flexibility index (Phi) is 5.74. The van der Waals surface area contributed by atoms with Gasteiger partial charge in [-0.05, 0) is 35.0 Å². The molecule has 0 radical (unpaired) electrons. The van der Waals surface area contributed by atoms with E-state index in [0.29, 0.717) is 33.7 Å². The van der Waals surface area contributed by atoms with Crippen molar-refractivity contribution in [1.29, 1.82) is 0 Å². The van der Waals surface area contributed by atoms with Gasteiger partial charge >= 0.3 is 12.4 Å². The molecular weight excluding hydrogens is 482 g/mol. The van der Waals surface area contributed by atoms with E-state index in [1.807, 2.05) is 0 Å². The predicted octanol–water partition coefficient (Wildman–Crippen LogP) is 9.62. The fourth-order valence-electron chi connectivity index (χ4n) is 3.98. The highest BCUT2D eigenvalue weighted by Gasteiger charge is 2.41. The van der Waals surface area contributed by atoms with Crippen LogP contribution in [0.2, 0.25) is 0 Å². The third-order valence-electron chi connectivity index (χ3n) is 5.63. The Morgan fingerprint density at radius 3 is 1.17 bits per heavy atom. The van der Waals surface area contributed by atoms with Gasteiger partial charge in [-0.3, -0.25) is 0 Å². The van der Waals surface area contributed by atoms with Gasteiger partial charge in [-0.1, -0.05) is 72.8 Å². The molecule has 0 N–H and O–H groups in total. The molecule has 0 spiro atoms. The van der Waals surface area contributed by atoms with Crippen molar-refractivity contribution < 1.29 is 35.8 Å². The molecule has 8 heteroatoms. The Morgan fingerprint density at radius 1 is 0.417 bits per heavy atom. The third-order valence-corrected chi connectivity index (χ3v) is 5.63. The van der Waals surface area contributed by atoms with Crippen LogP contribution in [0.25, 0.3) is 21.5 Å². The zero-order valence-electron chi connectivity index (χ0n) is 18.3. The van der Waals surface area contributed by atoms with E-state index in [4.69, 9.17) is 9.47 Å². The molecule has 0 aliphatic heterocycles. The van der Waals surface area contributed by atoms with Crippen molar-refractivity contribution in [3.8, 4) is 23.0 Å². The number of hydrogen-bond acceptors (Lipinski definition) is 2. The van der Waals surface area contributed by atoms with Crippen LogP contribution in [0, 0.1) is 0 Å². The Bertz CT molecular complexity index is 1440. The summed E-state index contributed by atoms with van der Waals surface area (Å²) in [6.07, 6.45) is -10.0. The fraction of sp³-hybridized carbons (Fsp3) is 0.0714. The standard InChI is InChI=1S/C28H16F6O2/c29-27(30,31)21-16-26(36-24-14-6-10-18-8-2-4-12-20(18)24)22(28(32,33)34)15-25(21)35-23-13-5-9-17-7-1-3-11-19(17)23/h1-16H. The van der Waals surface area contributed by atoms with Crippen LogP contribution >= 0.6 is 0 Å². The first-order chi connectivity index (χ1) is 17.1. The molecule has 36 heavy (non-hydrogen) atoms. The molecule has 0 saturated carbocycles. The predicted molar refractivity (Wildman–Crippen MR) is 124 cm³/mol. The minimum atomic E-state index is -5.01. The summed E-state index contributed by atoms with van der Waals surface area (Å²) in [6.45, 7) is 0. The van der Waals surface area contributed by atoms with Gasteiger partial charge in [0.25, 0.3) is 0 Å². The number of fused-ring (bicyclic) bond motifs is 2. The lowest BCUT2D eigenvalue weighted by Gasteiger charge is -2.21. The zero-order valence-corrected chi connectivity index (χ0v) is 18.3. The highest BCUT2D eigenvalue weighted by molar-refractivity contribution is 5.89. The molecule has 5 aromatic rings. The van der Waals surface area contributed by atoms with Crippen molar-refractivity contribution in [2.75, 3.05) is 0 Å². The second-order valence-electron chi connectivity index (χ2n) is 8.00. The first-order valence-electron chi connectivity index (χ1n) is 10.7. The topological polar surface area (TPSA) is 18.5 Å². The first kappa shape index (κ1) is 23.5. The quantitative estimate of drug-likeness (QED) is 0.230. The van der Waals surface area contributed by atoms with Gasteiger partial charge in [0, 0.05) is 10.8 Å². The third kappa shape index (κ3) is 4.54. The van der Waals surface area contributed by atoms with Crippen molar-refractivity contribution in [2.24, 2.45) is 0 Å². The number of benzene rings is 5. The van der Waals surface area contributed by atoms with Gasteiger partial charge in [-0.15, -0.1) is 0 Å². The van der Waals surface area contributed by atoms with Crippen molar-refractivity contribution in [1.82, 2.24) is 0 Å². The summed E-state index contributed by atoms with van der Waals surface area (Å²) < 4.78 is 95.3. The van der Waals surface area contributed by atoms with Crippen LogP contribution in [0.1, 0.15) is 11.1 Å². The maximum atomic E-state index is 14.0. The van der Waals surface area contributed by atoms with Gasteiger partial charge in [0.15, 0.2) is 0 Å². The van der Waals surface area contributed by atoms with Crippen LogP contribution in [0.15, 0.2) is 97.1 Å². The van der Waals surface area contributed by atoms with Gasteiger partial charge < -0.3 is 9.47 Å². The van der Waals surface area contributed by atoms with Crippen LogP contribution < -0.4 is 9.47 Å². The largest absolute Gasteiger partial charge is 0.456 e. The average Bonchev–Trinajstić information content (AvgIpc) is 2.84. The van der Waals surface area contributed by atoms with Crippen LogP contribution in [0.5, 0.6) is 23.0 Å². The Labute approximate surface area is 201 Å². The molecule has 0 heterocycles. The molecule has 0 aliphatic carbocycles. The normalized spacial score (nSPS) is 12.2. The van der Waals surface area contributed by atoms with E-state index < -0.39 is 35.0 Å². The van der Waals surface area contributed by atoms with E-state index in [9.17, 15) is 26.3 Å². The second kappa shape index (κ2) is 8.78. The molecule has 0 aliphatic rings. The summed E-state index contributed by atoms with van der Waals surface area (Å²) in [5.74, 6) is -1.96. The van der Waals surface area contributed by atoms with E-state index in [2.05, 4.69) is 0 Å². The number of rotatable bonds is 4. The molecule has 5 rings (SSSR count). The van der Waals surface area contributed by atoms with Crippen LogP contribution in [0.3, 0.4) is 0 Å². The Balaban J connectivity index is 1.67. The van der Waals surface area contributed by atoms with E-state index >= 15 is 0 Å². The van der Waals surface area contributed by atoms with Crippen molar-refractivity contribution in [3.63, 3.8) is 0 Å². The van der Waals surface area contributed by atoms with E-state index in [1.165, 1.54) is 12.1 Å². The van der Waals surface area contributed by atoms with Gasteiger partial charge in [0.1, 0.15) is 34.1 Å². The second-order valence-corrected chi connectivity index (χ2v) is 8.00. The summed E-state index contributed by atoms with van der Waals surface area (Å²) in [7, 11) is 0. The van der Waals surface area contributed by atoms with Gasteiger partial charge in [-0.2, -0.15) is 26.3 Å². The van der Waals surface area contributed by atoms with E-state index in [-0.39, 0.29) is 11.5 Å². The van der Waals surface area contributed by atoms with Crippen LogP contribution in [-0.4, -0.2) is 0 Å². The maximum absolute atomic E-state index is 14.0. The van der Waals surface area contributed by atoms with Crippen molar-refractivity contribution >= 4 is 21.5 Å². The molecular formula is C28H16F6O2. The minimum Gasteiger partial charge on any atom is -0.456 e. The SMILES string of the molecule is FC(F)(F)c1cc(Oc2cccc3ccccc23)c(C(F)(F)F)cc1Oc1cccc2ccccc12. The molecule has 0 saturated heterocycles. The maximum Gasteiger partial charge on any atom is 0.420 e. The Morgan fingerprint density at radius 2 is 0.778 bits per heavy atom. The monoisotopic (exact) mass is 498 g/mol. The molecule has 5 aromatic carbocycles. The van der Waals surface area contributed by atoms with E-state index in [0.717, 1.165) is 0 Å². The lowest BCUT2D eigenvalue weighted by molar-refractivity contribution is -0.143. The summed E-state index contributed by atoms with van der Waals surface area (Å²) in [5.41, 5.74) is -2.78. The van der Waals surface area contributed by atoms with Gasteiger partial charge in [0.05, 0.1) is 0 Å². The zero-order chi connectivity index (χ0) is 25.5. The number of ether oxygens (including phenoxy) is 2. The highest BCUT2D eigenvalue weighted by atomic mass is 19.4. The smallest absolute Gasteiger partial charge is 0.420 e. The lowest BCUT2D eigenvalue weighted by atomic mass is 10.1. The van der Waals surface area contributed by atoms with Crippen molar-refractivity contribution in [3.05, 3.63) is 108 Å². The van der Waals surface area contributed by atoms with Crippen molar-refractivity contribution in [2.45, 2.75) is 12.4 Å². The minimum absolute atomic E-state index is 0.00514. The molecule has 0 atom stereocenters. The highest BCUT2D eigenvalue weighted by Crippen LogP contribution is 2.48. The summed E-state index contributed by atoms with van der Waals surface area (Å²) in [5, 5.41) is 2.24. The number of hydrogen-bond donors (Lipinski definition) is 0. The molecule has 0 unspecified atom stereocenters. The van der Waals surface area contributed by atoms with Crippen LogP contribution in [-0.2, 0) is 12.4 Å². The van der Waals surface area contributed by atoms with Gasteiger partial charge in [-0.25, -0.2) is 0 Å². The molecule has 0 fully saturated rings. The first-order valence-corrected chi connectivity index (χ1v) is 10.7. The number of halogens is 6. The average molecular weight is 498 g/mol. The summed E-state index contributed by atoms with van der Waals surface area (Å²) in [6, 6.07) is 23.4. The molecule has 0 amide bonds. The molecule has 2 nitrogen and oxygen atoms in total. The fourth-order valence-corrected chi connectivity index (χ4v) is 3.98. The van der Waals surface area contributed by atoms with E-state index in [1.54, 1.807) is 72.8 Å². The van der Waals surface area contributed by atoms with Gasteiger partial charge in [0.2, 0.25) is 0 Å². The molecule has 0 bridgehead atoms. The molecule has 182 valence electrons.